The first-order valence-electron chi connectivity index (χ1n) is 3.71. The fourth-order valence-corrected chi connectivity index (χ4v) is 2.19. The van der Waals surface area contributed by atoms with Gasteiger partial charge in [0.25, 0.3) is 0 Å². The molecule has 0 aromatic carbocycles. The molecule has 0 aliphatic carbocycles. The van der Waals surface area contributed by atoms with Crippen LogP contribution in [0.15, 0.2) is 23.2 Å². The highest BCUT2D eigenvalue weighted by molar-refractivity contribution is 7.80. The van der Waals surface area contributed by atoms with E-state index in [2.05, 4.69) is 20.6 Å². The largest absolute Gasteiger partial charge is 0.308 e. The number of rotatable bonds is 2. The number of nitrogens with one attached hydrogen (secondary N) is 2. The third kappa shape index (κ3) is 2.47. The quantitative estimate of drug-likeness (QED) is 0.792. The van der Waals surface area contributed by atoms with Crippen LogP contribution in [0.3, 0.4) is 0 Å². The van der Waals surface area contributed by atoms with Gasteiger partial charge in [-0.3, -0.25) is 0 Å². The molecule has 0 fully saturated rings. The van der Waals surface area contributed by atoms with Gasteiger partial charge in [-0.1, -0.05) is 0 Å². The smallest absolute Gasteiger partial charge is 0.188 e. The van der Waals surface area contributed by atoms with Crippen molar-refractivity contribution in [2.24, 2.45) is 0 Å². The van der Waals surface area contributed by atoms with Gasteiger partial charge in [0, 0.05) is 23.2 Å². The Labute approximate surface area is 94.0 Å². The van der Waals surface area contributed by atoms with E-state index in [9.17, 15) is 0 Å². The third-order valence-electron chi connectivity index (χ3n) is 1.31. The fraction of sp³-hybridized carbons (Fsp3) is 0. The molecule has 2 aromatic heterocycles. The van der Waals surface area contributed by atoms with E-state index in [1.807, 2.05) is 10.8 Å². The van der Waals surface area contributed by atoms with Gasteiger partial charge in [-0.05, 0) is 12.2 Å². The number of aromatic nitrogens is 2. The number of nitrogens with zero attached hydrogens (tertiary/aromatic N) is 2. The van der Waals surface area contributed by atoms with Crippen LogP contribution in [0, 0.1) is 0 Å². The summed E-state index contributed by atoms with van der Waals surface area (Å²) in [5.41, 5.74) is 0. The summed E-state index contributed by atoms with van der Waals surface area (Å²) in [6.45, 7) is 0. The maximum Gasteiger partial charge on any atom is 0.188 e. The zero-order valence-electron chi connectivity index (χ0n) is 6.93. The van der Waals surface area contributed by atoms with Crippen molar-refractivity contribution < 1.29 is 0 Å². The average Bonchev–Trinajstić information content (AvgIpc) is 2.76. The Morgan fingerprint density at radius 3 is 1.93 bits per heavy atom. The molecule has 0 bridgehead atoms. The predicted molar refractivity (Wildman–Crippen MR) is 64.1 cm³/mol. The second-order valence-corrected chi connectivity index (χ2v) is 4.45. The molecule has 0 unspecified atom stereocenters. The van der Waals surface area contributed by atoms with Crippen LogP contribution in [-0.4, -0.2) is 15.1 Å². The molecule has 14 heavy (non-hydrogen) atoms. The van der Waals surface area contributed by atoms with Gasteiger partial charge in [-0.25, -0.2) is 9.97 Å². The number of anilines is 2. The van der Waals surface area contributed by atoms with E-state index in [0.29, 0.717) is 5.11 Å². The van der Waals surface area contributed by atoms with Gasteiger partial charge < -0.3 is 10.6 Å². The highest BCUT2D eigenvalue weighted by Crippen LogP contribution is 2.13. The molecule has 0 aliphatic rings. The van der Waals surface area contributed by atoms with E-state index < -0.39 is 0 Å². The van der Waals surface area contributed by atoms with Gasteiger partial charge in [-0.2, -0.15) is 0 Å². The number of hydrogen-bond acceptors (Lipinski definition) is 5. The van der Waals surface area contributed by atoms with Crippen molar-refractivity contribution in [3.8, 4) is 0 Å². The molecule has 2 heterocycles. The molecule has 0 saturated heterocycles. The first-order valence-corrected chi connectivity index (χ1v) is 5.88. The van der Waals surface area contributed by atoms with E-state index >= 15 is 0 Å². The van der Waals surface area contributed by atoms with Crippen molar-refractivity contribution >= 4 is 50.3 Å². The Morgan fingerprint density at radius 2 is 1.57 bits per heavy atom. The van der Waals surface area contributed by atoms with Crippen LogP contribution in [0.1, 0.15) is 0 Å². The first-order chi connectivity index (χ1) is 6.84. The molecule has 0 amide bonds. The molecular formula is C7H6N4S3. The summed E-state index contributed by atoms with van der Waals surface area (Å²) in [5.74, 6) is 0. The van der Waals surface area contributed by atoms with Crippen LogP contribution >= 0.6 is 34.9 Å². The van der Waals surface area contributed by atoms with Crippen molar-refractivity contribution in [1.82, 2.24) is 9.97 Å². The SMILES string of the molecule is S=C(Nc1nccs1)Nc1nccs1. The van der Waals surface area contributed by atoms with Crippen LogP contribution in [0.2, 0.25) is 0 Å². The van der Waals surface area contributed by atoms with Gasteiger partial charge in [-0.15, -0.1) is 22.7 Å². The molecule has 4 nitrogen and oxygen atoms in total. The van der Waals surface area contributed by atoms with Gasteiger partial charge in [0.15, 0.2) is 15.4 Å². The lowest BCUT2D eigenvalue weighted by Gasteiger charge is -2.03. The molecule has 7 heteroatoms. The van der Waals surface area contributed by atoms with E-state index in [4.69, 9.17) is 12.2 Å². The lowest BCUT2D eigenvalue weighted by molar-refractivity contribution is 1.39. The third-order valence-corrected chi connectivity index (χ3v) is 2.89. The van der Waals surface area contributed by atoms with Crippen LogP contribution in [0.4, 0.5) is 10.3 Å². The number of thiazole rings is 2. The van der Waals surface area contributed by atoms with E-state index in [-0.39, 0.29) is 0 Å². The van der Waals surface area contributed by atoms with Crippen LogP contribution in [0.25, 0.3) is 0 Å². The minimum absolute atomic E-state index is 0.509. The summed E-state index contributed by atoms with van der Waals surface area (Å²) in [6, 6.07) is 0. The highest BCUT2D eigenvalue weighted by Gasteiger charge is 2.01. The number of hydrogen-bond donors (Lipinski definition) is 2. The van der Waals surface area contributed by atoms with Crippen LogP contribution in [-0.2, 0) is 0 Å². The normalized spacial score (nSPS) is 9.71. The lowest BCUT2D eigenvalue weighted by Crippen LogP contribution is -2.18. The molecule has 0 atom stereocenters. The maximum atomic E-state index is 5.06. The standard InChI is InChI=1S/C7H6N4S3/c12-5(10-6-8-1-3-13-6)11-7-9-2-4-14-7/h1-4H,(H2,8,9,10,11,12). The van der Waals surface area contributed by atoms with Crippen molar-refractivity contribution in [2.75, 3.05) is 10.6 Å². The molecule has 0 spiro atoms. The van der Waals surface area contributed by atoms with Crippen molar-refractivity contribution in [3.05, 3.63) is 23.2 Å². The van der Waals surface area contributed by atoms with Crippen molar-refractivity contribution in [3.63, 3.8) is 0 Å². The Balaban J connectivity index is 1.91. The molecule has 2 rings (SSSR count). The van der Waals surface area contributed by atoms with Crippen LogP contribution < -0.4 is 10.6 Å². The molecule has 2 N–H and O–H groups in total. The Hall–Kier alpha value is -1.05. The average molecular weight is 242 g/mol. The minimum Gasteiger partial charge on any atom is -0.308 e. The van der Waals surface area contributed by atoms with E-state index in [1.165, 1.54) is 22.7 Å². The topological polar surface area (TPSA) is 49.8 Å². The molecule has 0 radical (unpaired) electrons. The first kappa shape index (κ1) is 9.50. The second kappa shape index (κ2) is 4.45. The lowest BCUT2D eigenvalue weighted by atomic mass is 10.9. The Morgan fingerprint density at radius 1 is 1.07 bits per heavy atom. The Kier molecular flexibility index (Phi) is 3.02. The molecule has 0 saturated carbocycles. The monoisotopic (exact) mass is 242 g/mol. The van der Waals surface area contributed by atoms with E-state index in [0.717, 1.165) is 10.3 Å². The summed E-state index contributed by atoms with van der Waals surface area (Å²) in [4.78, 5) is 8.10. The van der Waals surface area contributed by atoms with Gasteiger partial charge >= 0.3 is 0 Å². The van der Waals surface area contributed by atoms with Gasteiger partial charge in [0.2, 0.25) is 0 Å². The maximum absolute atomic E-state index is 5.06. The summed E-state index contributed by atoms with van der Waals surface area (Å²) in [5, 5.41) is 11.7. The zero-order chi connectivity index (χ0) is 9.80. The highest BCUT2D eigenvalue weighted by atomic mass is 32.1. The predicted octanol–water partition coefficient (Wildman–Crippen LogP) is 2.41. The minimum atomic E-state index is 0.509. The van der Waals surface area contributed by atoms with Crippen molar-refractivity contribution in [2.45, 2.75) is 0 Å². The summed E-state index contributed by atoms with van der Waals surface area (Å²) in [6.07, 6.45) is 3.44. The molecule has 72 valence electrons. The summed E-state index contributed by atoms with van der Waals surface area (Å²) in [7, 11) is 0. The zero-order valence-corrected chi connectivity index (χ0v) is 9.38. The summed E-state index contributed by atoms with van der Waals surface area (Å²) >= 11 is 8.06. The van der Waals surface area contributed by atoms with Gasteiger partial charge in [0.05, 0.1) is 0 Å². The van der Waals surface area contributed by atoms with Crippen LogP contribution in [0.5, 0.6) is 0 Å². The number of thiocarbonyl (C=S) groups is 1. The van der Waals surface area contributed by atoms with Crippen molar-refractivity contribution in [1.29, 1.82) is 0 Å². The summed E-state index contributed by atoms with van der Waals surface area (Å²) < 4.78 is 0. The molecule has 0 aliphatic heterocycles. The van der Waals surface area contributed by atoms with E-state index in [1.54, 1.807) is 12.4 Å². The second-order valence-electron chi connectivity index (χ2n) is 2.25. The van der Waals surface area contributed by atoms with Gasteiger partial charge in [0.1, 0.15) is 0 Å². The molecule has 2 aromatic rings. The Bertz CT molecular complexity index is 356. The molecular weight excluding hydrogens is 236 g/mol. The fourth-order valence-electron chi connectivity index (χ4n) is 0.796.